The molecule has 2 heterocycles. The third-order valence-corrected chi connectivity index (χ3v) is 3.67. The fraction of sp³-hybridized carbons (Fsp3) is 0.368. The zero-order valence-corrected chi connectivity index (χ0v) is 15.4. The van der Waals surface area contributed by atoms with Gasteiger partial charge in [-0.25, -0.2) is 13.8 Å². The second-order valence-corrected chi connectivity index (χ2v) is 6.15. The van der Waals surface area contributed by atoms with Crippen LogP contribution >= 0.6 is 0 Å². The van der Waals surface area contributed by atoms with Crippen LogP contribution in [0.3, 0.4) is 0 Å². The van der Waals surface area contributed by atoms with Gasteiger partial charge in [0.05, 0.1) is 0 Å². The Morgan fingerprint density at radius 2 is 1.93 bits per heavy atom. The van der Waals surface area contributed by atoms with Crippen molar-refractivity contribution in [3.8, 4) is 5.88 Å². The number of Topliss-reactive ketones (excluding diaryl/α,β-unsaturated/α-hetero) is 1. The Bertz CT molecular complexity index is 841. The molecule has 2 aromatic heterocycles. The van der Waals surface area contributed by atoms with Gasteiger partial charge in [0.25, 0.3) is 12.3 Å². The number of halogens is 2. The van der Waals surface area contributed by atoms with E-state index in [-0.39, 0.29) is 30.5 Å². The van der Waals surface area contributed by atoms with Gasteiger partial charge in [0.15, 0.2) is 6.61 Å². The minimum Gasteiger partial charge on any atom is -0.472 e. The molecule has 0 bridgehead atoms. The number of hydrogen-bond acceptors (Lipinski definition) is 5. The standard InChI is InChI=1S/C19H21F2N3O3/c1-11-6-15(8-16(23-11)7-12(2)25)19(26)22-9-14-4-5-18(24-13(14)3)27-10-17(20)21/h4-6,8,17H,7,9-10H2,1-3H3,(H,22,26). The SMILES string of the molecule is CC(=O)Cc1cc(C(=O)NCc2ccc(OCC(F)F)nc2C)cc(C)n1. The summed E-state index contributed by atoms with van der Waals surface area (Å²) in [5, 5.41) is 2.78. The largest absolute Gasteiger partial charge is 0.472 e. The lowest BCUT2D eigenvalue weighted by Crippen LogP contribution is -2.24. The van der Waals surface area contributed by atoms with Crippen LogP contribution in [0.5, 0.6) is 5.88 Å². The van der Waals surface area contributed by atoms with Crippen LogP contribution in [0.1, 0.15) is 39.9 Å². The molecular weight excluding hydrogens is 356 g/mol. The average molecular weight is 377 g/mol. The molecule has 0 unspecified atom stereocenters. The van der Waals surface area contributed by atoms with Crippen LogP contribution in [0.4, 0.5) is 8.78 Å². The van der Waals surface area contributed by atoms with Crippen molar-refractivity contribution in [2.45, 2.75) is 40.2 Å². The predicted octanol–water partition coefficient (Wildman–Crippen LogP) is 2.80. The molecule has 144 valence electrons. The van der Waals surface area contributed by atoms with Gasteiger partial charge in [0, 0.05) is 41.7 Å². The topological polar surface area (TPSA) is 81.2 Å². The number of ether oxygens (including phenoxy) is 1. The summed E-state index contributed by atoms with van der Waals surface area (Å²) in [6, 6.07) is 6.39. The van der Waals surface area contributed by atoms with Crippen LogP contribution in [-0.2, 0) is 17.8 Å². The number of nitrogens with one attached hydrogen (secondary N) is 1. The average Bonchev–Trinajstić information content (AvgIpc) is 2.57. The summed E-state index contributed by atoms with van der Waals surface area (Å²) in [7, 11) is 0. The van der Waals surface area contributed by atoms with E-state index in [1.54, 1.807) is 32.0 Å². The summed E-state index contributed by atoms with van der Waals surface area (Å²) in [6.45, 7) is 4.43. The molecular formula is C19H21F2N3O3. The highest BCUT2D eigenvalue weighted by atomic mass is 19.3. The number of alkyl halides is 2. The Hall–Kier alpha value is -2.90. The minimum atomic E-state index is -2.57. The van der Waals surface area contributed by atoms with Gasteiger partial charge in [-0.05, 0) is 38.5 Å². The van der Waals surface area contributed by atoms with E-state index < -0.39 is 13.0 Å². The molecule has 2 aromatic rings. The molecule has 8 heteroatoms. The predicted molar refractivity (Wildman–Crippen MR) is 95.0 cm³/mol. The number of nitrogens with zero attached hydrogens (tertiary/aromatic N) is 2. The van der Waals surface area contributed by atoms with Gasteiger partial charge >= 0.3 is 0 Å². The van der Waals surface area contributed by atoms with Crippen molar-refractivity contribution in [2.75, 3.05) is 6.61 Å². The molecule has 0 saturated heterocycles. The number of aryl methyl sites for hydroxylation is 2. The van der Waals surface area contributed by atoms with Crippen molar-refractivity contribution in [3.63, 3.8) is 0 Å². The van der Waals surface area contributed by atoms with Crippen molar-refractivity contribution in [3.05, 3.63) is 52.5 Å². The fourth-order valence-corrected chi connectivity index (χ4v) is 2.47. The lowest BCUT2D eigenvalue weighted by atomic mass is 10.1. The number of hydrogen-bond donors (Lipinski definition) is 1. The second kappa shape index (κ2) is 9.16. The van der Waals surface area contributed by atoms with Gasteiger partial charge in [-0.2, -0.15) is 0 Å². The van der Waals surface area contributed by atoms with E-state index >= 15 is 0 Å². The molecule has 1 N–H and O–H groups in total. The van der Waals surface area contributed by atoms with E-state index in [4.69, 9.17) is 4.74 Å². The summed E-state index contributed by atoms with van der Waals surface area (Å²) in [4.78, 5) is 32.0. The number of amides is 1. The monoisotopic (exact) mass is 377 g/mol. The van der Waals surface area contributed by atoms with E-state index in [0.29, 0.717) is 22.6 Å². The molecule has 27 heavy (non-hydrogen) atoms. The molecule has 6 nitrogen and oxygen atoms in total. The smallest absolute Gasteiger partial charge is 0.272 e. The number of ketones is 1. The van der Waals surface area contributed by atoms with Crippen molar-refractivity contribution in [1.82, 2.24) is 15.3 Å². The van der Waals surface area contributed by atoms with Crippen LogP contribution in [0.15, 0.2) is 24.3 Å². The second-order valence-electron chi connectivity index (χ2n) is 6.15. The third-order valence-electron chi connectivity index (χ3n) is 3.67. The van der Waals surface area contributed by atoms with Crippen molar-refractivity contribution >= 4 is 11.7 Å². The van der Waals surface area contributed by atoms with E-state index in [9.17, 15) is 18.4 Å². The van der Waals surface area contributed by atoms with Gasteiger partial charge in [-0.15, -0.1) is 0 Å². The lowest BCUT2D eigenvalue weighted by Gasteiger charge is -2.11. The molecule has 1 amide bonds. The fourth-order valence-electron chi connectivity index (χ4n) is 2.47. The molecule has 0 aliphatic rings. The highest BCUT2D eigenvalue weighted by Gasteiger charge is 2.11. The van der Waals surface area contributed by atoms with Crippen molar-refractivity contribution in [2.24, 2.45) is 0 Å². The summed E-state index contributed by atoms with van der Waals surface area (Å²) in [5.41, 5.74) is 2.93. The summed E-state index contributed by atoms with van der Waals surface area (Å²) >= 11 is 0. The first-order valence-electron chi connectivity index (χ1n) is 8.37. The van der Waals surface area contributed by atoms with Crippen LogP contribution in [0.2, 0.25) is 0 Å². The maximum Gasteiger partial charge on any atom is 0.272 e. The summed E-state index contributed by atoms with van der Waals surface area (Å²) in [6.07, 6.45) is -2.40. The molecule has 0 radical (unpaired) electrons. The highest BCUT2D eigenvalue weighted by Crippen LogP contribution is 2.14. The van der Waals surface area contributed by atoms with E-state index in [0.717, 1.165) is 5.56 Å². The molecule has 2 rings (SSSR count). The molecule has 0 aliphatic heterocycles. The van der Waals surface area contributed by atoms with Gasteiger partial charge in [0.2, 0.25) is 5.88 Å². The number of aromatic nitrogens is 2. The van der Waals surface area contributed by atoms with Gasteiger partial charge in [0.1, 0.15) is 5.78 Å². The Balaban J connectivity index is 2.03. The summed E-state index contributed by atoms with van der Waals surface area (Å²) in [5.74, 6) is -0.223. The normalized spacial score (nSPS) is 10.7. The molecule has 0 aliphatic carbocycles. The first kappa shape index (κ1) is 20.4. The minimum absolute atomic E-state index is 0.0321. The Morgan fingerprint density at radius 3 is 2.56 bits per heavy atom. The van der Waals surface area contributed by atoms with E-state index in [1.165, 1.54) is 13.0 Å². The molecule has 0 spiro atoms. The zero-order valence-electron chi connectivity index (χ0n) is 15.4. The van der Waals surface area contributed by atoms with Gasteiger partial charge in [-0.1, -0.05) is 6.07 Å². The zero-order chi connectivity index (χ0) is 20.0. The van der Waals surface area contributed by atoms with Gasteiger partial charge < -0.3 is 10.1 Å². The molecule has 0 atom stereocenters. The molecule has 0 fully saturated rings. The Morgan fingerprint density at radius 1 is 1.19 bits per heavy atom. The highest BCUT2D eigenvalue weighted by molar-refractivity contribution is 5.94. The lowest BCUT2D eigenvalue weighted by molar-refractivity contribution is -0.116. The summed E-state index contributed by atoms with van der Waals surface area (Å²) < 4.78 is 29.2. The number of pyridine rings is 2. The molecule has 0 saturated carbocycles. The Labute approximate surface area is 156 Å². The van der Waals surface area contributed by atoms with E-state index in [2.05, 4.69) is 15.3 Å². The maximum absolute atomic E-state index is 12.4. The van der Waals surface area contributed by atoms with Crippen LogP contribution in [0, 0.1) is 13.8 Å². The number of carbonyl (C=O) groups excluding carboxylic acids is 2. The van der Waals surface area contributed by atoms with Crippen LogP contribution in [0.25, 0.3) is 0 Å². The number of carbonyl (C=O) groups is 2. The van der Waals surface area contributed by atoms with Crippen molar-refractivity contribution < 1.29 is 23.1 Å². The molecule has 0 aromatic carbocycles. The third kappa shape index (κ3) is 6.40. The number of rotatable bonds is 8. The van der Waals surface area contributed by atoms with E-state index in [1.807, 2.05) is 0 Å². The first-order chi connectivity index (χ1) is 12.7. The quantitative estimate of drug-likeness (QED) is 0.765. The maximum atomic E-state index is 12.4. The van der Waals surface area contributed by atoms with Crippen LogP contribution in [-0.4, -0.2) is 34.7 Å². The van der Waals surface area contributed by atoms with Crippen molar-refractivity contribution in [1.29, 1.82) is 0 Å². The Kier molecular flexibility index (Phi) is 6.92. The first-order valence-corrected chi connectivity index (χ1v) is 8.37. The van der Waals surface area contributed by atoms with Gasteiger partial charge in [-0.3, -0.25) is 14.6 Å². The van der Waals surface area contributed by atoms with Crippen LogP contribution < -0.4 is 10.1 Å².